The molecule has 1 aromatic rings. The van der Waals surface area contributed by atoms with Gasteiger partial charge >= 0.3 is 6.18 Å². The third kappa shape index (κ3) is 3.53. The standard InChI is InChI=1S/C14H16ClF3N4O/c15-11-3-9(14(16,17)18)6-20-12(11)22-2-1-10(7-22)21-13(23)8-4-19-5-8/h3,6,8,10,19H,1-2,4-5,7H2,(H,21,23). The van der Waals surface area contributed by atoms with Gasteiger partial charge in [-0.1, -0.05) is 11.6 Å². The number of rotatable bonds is 3. The fourth-order valence-electron chi connectivity index (χ4n) is 2.68. The number of hydrogen-bond acceptors (Lipinski definition) is 4. The van der Waals surface area contributed by atoms with Gasteiger partial charge in [0.1, 0.15) is 5.82 Å². The Balaban J connectivity index is 1.63. The Kier molecular flexibility index (Phi) is 4.37. The van der Waals surface area contributed by atoms with Crippen LogP contribution in [0, 0.1) is 5.92 Å². The number of aromatic nitrogens is 1. The molecule has 5 nitrogen and oxygen atoms in total. The van der Waals surface area contributed by atoms with Crippen LogP contribution in [-0.4, -0.2) is 43.1 Å². The summed E-state index contributed by atoms with van der Waals surface area (Å²) < 4.78 is 37.9. The molecule has 3 rings (SSSR count). The van der Waals surface area contributed by atoms with Crippen molar-refractivity contribution >= 4 is 23.3 Å². The normalized spacial score (nSPS) is 22.1. The fourth-order valence-corrected chi connectivity index (χ4v) is 2.97. The minimum atomic E-state index is -4.46. The number of halogens is 4. The lowest BCUT2D eigenvalue weighted by atomic mass is 10.0. The van der Waals surface area contributed by atoms with Crippen LogP contribution >= 0.6 is 11.6 Å². The number of carbonyl (C=O) groups excluding carboxylic acids is 1. The topological polar surface area (TPSA) is 57.3 Å². The number of alkyl halides is 3. The van der Waals surface area contributed by atoms with E-state index in [4.69, 9.17) is 11.6 Å². The van der Waals surface area contributed by atoms with E-state index in [1.54, 1.807) is 4.90 Å². The molecule has 3 heterocycles. The van der Waals surface area contributed by atoms with Crippen molar-refractivity contribution in [2.45, 2.75) is 18.6 Å². The third-order valence-electron chi connectivity index (χ3n) is 4.14. The van der Waals surface area contributed by atoms with Gasteiger partial charge < -0.3 is 15.5 Å². The Morgan fingerprint density at radius 1 is 1.43 bits per heavy atom. The van der Waals surface area contributed by atoms with Gasteiger partial charge in [-0.25, -0.2) is 4.98 Å². The fraction of sp³-hybridized carbons (Fsp3) is 0.571. The van der Waals surface area contributed by atoms with Crippen molar-refractivity contribution in [3.8, 4) is 0 Å². The maximum Gasteiger partial charge on any atom is 0.417 e. The van der Waals surface area contributed by atoms with Crippen molar-refractivity contribution in [1.29, 1.82) is 0 Å². The van der Waals surface area contributed by atoms with E-state index in [1.807, 2.05) is 0 Å². The van der Waals surface area contributed by atoms with Crippen LogP contribution in [0.1, 0.15) is 12.0 Å². The Morgan fingerprint density at radius 2 is 2.17 bits per heavy atom. The summed E-state index contributed by atoms with van der Waals surface area (Å²) in [6, 6.07) is 0.846. The first-order chi connectivity index (χ1) is 10.8. The Morgan fingerprint density at radius 3 is 2.74 bits per heavy atom. The highest BCUT2D eigenvalue weighted by molar-refractivity contribution is 6.33. The molecule has 1 amide bonds. The molecule has 0 radical (unpaired) electrons. The molecule has 2 aliphatic rings. The van der Waals surface area contributed by atoms with Crippen molar-refractivity contribution in [2.24, 2.45) is 5.92 Å². The van der Waals surface area contributed by atoms with Crippen LogP contribution in [0.4, 0.5) is 19.0 Å². The molecule has 0 aromatic carbocycles. The average molecular weight is 349 g/mol. The number of anilines is 1. The molecule has 2 saturated heterocycles. The molecule has 126 valence electrons. The molecular formula is C14H16ClF3N4O. The molecule has 9 heteroatoms. The van der Waals surface area contributed by atoms with E-state index in [0.29, 0.717) is 38.4 Å². The quantitative estimate of drug-likeness (QED) is 0.872. The molecule has 0 aliphatic carbocycles. The summed E-state index contributed by atoms with van der Waals surface area (Å²) >= 11 is 5.95. The van der Waals surface area contributed by atoms with Crippen molar-refractivity contribution in [2.75, 3.05) is 31.1 Å². The largest absolute Gasteiger partial charge is 0.417 e. The minimum Gasteiger partial charge on any atom is -0.353 e. The lowest BCUT2D eigenvalue weighted by Crippen LogP contribution is -2.53. The Bertz CT molecular complexity index is 606. The van der Waals surface area contributed by atoms with Gasteiger partial charge in [0.05, 0.1) is 16.5 Å². The summed E-state index contributed by atoms with van der Waals surface area (Å²) in [5, 5.41) is 5.97. The van der Waals surface area contributed by atoms with Gasteiger partial charge in [-0.15, -0.1) is 0 Å². The van der Waals surface area contributed by atoms with Crippen molar-refractivity contribution in [3.05, 3.63) is 22.8 Å². The second kappa shape index (κ2) is 6.16. The number of nitrogens with one attached hydrogen (secondary N) is 2. The highest BCUT2D eigenvalue weighted by Gasteiger charge is 2.34. The van der Waals surface area contributed by atoms with Crippen LogP contribution < -0.4 is 15.5 Å². The highest BCUT2D eigenvalue weighted by Crippen LogP contribution is 2.34. The second-order valence-electron chi connectivity index (χ2n) is 5.82. The monoisotopic (exact) mass is 348 g/mol. The number of carbonyl (C=O) groups is 1. The molecular weight excluding hydrogens is 333 g/mol. The first-order valence-electron chi connectivity index (χ1n) is 7.33. The summed E-state index contributed by atoms with van der Waals surface area (Å²) in [7, 11) is 0. The number of amides is 1. The predicted molar refractivity (Wildman–Crippen MR) is 79.4 cm³/mol. The number of nitrogens with zero attached hydrogens (tertiary/aromatic N) is 2. The smallest absolute Gasteiger partial charge is 0.353 e. The molecule has 1 unspecified atom stereocenters. The van der Waals surface area contributed by atoms with Crippen molar-refractivity contribution in [3.63, 3.8) is 0 Å². The third-order valence-corrected chi connectivity index (χ3v) is 4.41. The Hall–Kier alpha value is -1.54. The van der Waals surface area contributed by atoms with Gasteiger partial charge in [0.15, 0.2) is 0 Å². The van der Waals surface area contributed by atoms with Crippen LogP contribution in [0.5, 0.6) is 0 Å². The van der Waals surface area contributed by atoms with Gasteiger partial charge in [-0.3, -0.25) is 4.79 Å². The predicted octanol–water partition coefficient (Wildman–Crippen LogP) is 1.67. The van der Waals surface area contributed by atoms with Crippen LogP contribution in [0.25, 0.3) is 0 Å². The van der Waals surface area contributed by atoms with Crippen LogP contribution in [-0.2, 0) is 11.0 Å². The van der Waals surface area contributed by atoms with E-state index in [9.17, 15) is 18.0 Å². The zero-order valence-electron chi connectivity index (χ0n) is 12.2. The van der Waals surface area contributed by atoms with Gasteiger partial charge in [0.2, 0.25) is 5.91 Å². The molecule has 2 N–H and O–H groups in total. The van der Waals surface area contributed by atoms with Crippen LogP contribution in [0.3, 0.4) is 0 Å². The second-order valence-corrected chi connectivity index (χ2v) is 6.23. The molecule has 2 aliphatic heterocycles. The highest BCUT2D eigenvalue weighted by atomic mass is 35.5. The lowest BCUT2D eigenvalue weighted by molar-refractivity contribution is -0.137. The summed E-state index contributed by atoms with van der Waals surface area (Å²) in [5.41, 5.74) is -0.868. The first kappa shape index (κ1) is 16.3. The SMILES string of the molecule is O=C(NC1CCN(c2ncc(C(F)(F)F)cc2Cl)C1)C1CNC1. The Labute approximate surface area is 136 Å². The first-order valence-corrected chi connectivity index (χ1v) is 7.71. The van der Waals surface area contributed by atoms with E-state index in [2.05, 4.69) is 15.6 Å². The molecule has 0 saturated carbocycles. The van der Waals surface area contributed by atoms with E-state index in [-0.39, 0.29) is 22.9 Å². The summed E-state index contributed by atoms with van der Waals surface area (Å²) in [5.74, 6) is 0.348. The maximum atomic E-state index is 12.6. The molecule has 23 heavy (non-hydrogen) atoms. The van der Waals surface area contributed by atoms with E-state index < -0.39 is 11.7 Å². The van der Waals surface area contributed by atoms with Gasteiger partial charge in [-0.05, 0) is 12.5 Å². The molecule has 1 atom stereocenters. The van der Waals surface area contributed by atoms with Gasteiger partial charge in [-0.2, -0.15) is 13.2 Å². The number of hydrogen-bond donors (Lipinski definition) is 2. The minimum absolute atomic E-state index is 0.0110. The van der Waals surface area contributed by atoms with Crippen molar-refractivity contribution < 1.29 is 18.0 Å². The molecule has 1 aromatic heterocycles. The van der Waals surface area contributed by atoms with E-state index in [1.165, 1.54) is 0 Å². The molecule has 0 bridgehead atoms. The van der Waals surface area contributed by atoms with Crippen molar-refractivity contribution in [1.82, 2.24) is 15.6 Å². The maximum absolute atomic E-state index is 12.6. The lowest BCUT2D eigenvalue weighted by Gasteiger charge is -2.27. The van der Waals surface area contributed by atoms with E-state index in [0.717, 1.165) is 12.3 Å². The van der Waals surface area contributed by atoms with Crippen LogP contribution in [0.2, 0.25) is 5.02 Å². The van der Waals surface area contributed by atoms with Gasteiger partial charge in [0, 0.05) is 38.4 Å². The van der Waals surface area contributed by atoms with Gasteiger partial charge in [0.25, 0.3) is 0 Å². The van der Waals surface area contributed by atoms with E-state index >= 15 is 0 Å². The summed E-state index contributed by atoms with van der Waals surface area (Å²) in [4.78, 5) is 17.6. The molecule has 0 spiro atoms. The zero-order valence-corrected chi connectivity index (χ0v) is 12.9. The zero-order chi connectivity index (χ0) is 16.6. The molecule has 2 fully saturated rings. The summed E-state index contributed by atoms with van der Waals surface area (Å²) in [6.45, 7) is 2.46. The average Bonchev–Trinajstić information content (AvgIpc) is 2.83. The summed E-state index contributed by atoms with van der Waals surface area (Å²) in [6.07, 6.45) is -2.97. The number of pyridine rings is 1. The van der Waals surface area contributed by atoms with Crippen LogP contribution in [0.15, 0.2) is 12.3 Å².